The van der Waals surface area contributed by atoms with E-state index in [0.29, 0.717) is 17.0 Å². The first-order chi connectivity index (χ1) is 7.33. The van der Waals surface area contributed by atoms with E-state index in [0.717, 1.165) is 0 Å². The Kier molecular flexibility index (Phi) is 3.42. The second-order valence-corrected chi connectivity index (χ2v) is 4.66. The molecule has 1 aromatic carbocycles. The molecule has 1 aromatic rings. The molecule has 0 fully saturated rings. The molecule has 0 radical (unpaired) electrons. The topological polar surface area (TPSA) is 64.3 Å². The van der Waals surface area contributed by atoms with Gasteiger partial charge in [0, 0.05) is 11.1 Å². The van der Waals surface area contributed by atoms with Gasteiger partial charge in [0.15, 0.2) is 0 Å². The minimum absolute atomic E-state index is 0.134. The Morgan fingerprint density at radius 2 is 2.00 bits per heavy atom. The van der Waals surface area contributed by atoms with Crippen molar-refractivity contribution < 1.29 is 9.53 Å². The highest BCUT2D eigenvalue weighted by atomic mass is 16.5. The number of anilines is 1. The van der Waals surface area contributed by atoms with Crippen LogP contribution >= 0.6 is 0 Å². The van der Waals surface area contributed by atoms with Gasteiger partial charge in [-0.2, -0.15) is 0 Å². The number of ether oxygens (including phenoxy) is 1. The lowest BCUT2D eigenvalue weighted by Gasteiger charge is -2.20. The van der Waals surface area contributed by atoms with Crippen molar-refractivity contribution in [2.24, 2.45) is 0 Å². The third kappa shape index (κ3) is 3.15. The zero-order chi connectivity index (χ0) is 12.3. The third-order valence-corrected chi connectivity index (χ3v) is 1.98. The van der Waals surface area contributed by atoms with Crippen molar-refractivity contribution in [3.05, 3.63) is 23.8 Å². The van der Waals surface area contributed by atoms with E-state index in [-0.39, 0.29) is 11.4 Å². The van der Waals surface area contributed by atoms with Gasteiger partial charge in [0.05, 0.1) is 12.8 Å². The summed E-state index contributed by atoms with van der Waals surface area (Å²) in [5, 5.41) is 2.87. The van der Waals surface area contributed by atoms with Gasteiger partial charge in [-0.1, -0.05) is 0 Å². The number of nitrogens with two attached hydrogens (primary N) is 1. The van der Waals surface area contributed by atoms with Gasteiger partial charge >= 0.3 is 0 Å². The fraction of sp³-hybridized carbons (Fsp3) is 0.417. The van der Waals surface area contributed by atoms with Crippen LogP contribution in [0.5, 0.6) is 5.75 Å². The van der Waals surface area contributed by atoms with Crippen molar-refractivity contribution in [3.8, 4) is 5.75 Å². The molecule has 0 unspecified atom stereocenters. The fourth-order valence-corrected chi connectivity index (χ4v) is 1.27. The minimum Gasteiger partial charge on any atom is -0.495 e. The molecule has 16 heavy (non-hydrogen) atoms. The molecule has 0 aromatic heterocycles. The number of carbonyl (C=O) groups excluding carboxylic acids is 1. The summed E-state index contributed by atoms with van der Waals surface area (Å²) >= 11 is 0. The van der Waals surface area contributed by atoms with Crippen LogP contribution in [0.15, 0.2) is 18.2 Å². The smallest absolute Gasteiger partial charge is 0.251 e. The third-order valence-electron chi connectivity index (χ3n) is 1.98. The lowest BCUT2D eigenvalue weighted by molar-refractivity contribution is 0.0919. The lowest BCUT2D eigenvalue weighted by Crippen LogP contribution is -2.40. The largest absolute Gasteiger partial charge is 0.495 e. The number of hydrogen-bond acceptors (Lipinski definition) is 3. The van der Waals surface area contributed by atoms with Crippen molar-refractivity contribution in [3.63, 3.8) is 0 Å². The van der Waals surface area contributed by atoms with Crippen LogP contribution in [0.25, 0.3) is 0 Å². The van der Waals surface area contributed by atoms with Crippen molar-refractivity contribution in [2.45, 2.75) is 26.3 Å². The molecule has 0 heterocycles. The average molecular weight is 222 g/mol. The number of nitrogens with one attached hydrogen (secondary N) is 1. The Balaban J connectivity index is 2.93. The first-order valence-corrected chi connectivity index (χ1v) is 5.09. The minimum atomic E-state index is -0.258. The zero-order valence-corrected chi connectivity index (χ0v) is 10.1. The first-order valence-electron chi connectivity index (χ1n) is 5.09. The molecule has 0 saturated heterocycles. The highest BCUT2D eigenvalue weighted by molar-refractivity contribution is 5.95. The van der Waals surface area contributed by atoms with Gasteiger partial charge in [0.1, 0.15) is 5.75 Å². The zero-order valence-electron chi connectivity index (χ0n) is 10.1. The van der Waals surface area contributed by atoms with E-state index >= 15 is 0 Å². The Morgan fingerprint density at radius 1 is 1.38 bits per heavy atom. The molecular formula is C12H18N2O2. The van der Waals surface area contributed by atoms with Gasteiger partial charge in [-0.15, -0.1) is 0 Å². The summed E-state index contributed by atoms with van der Waals surface area (Å²) in [4.78, 5) is 11.8. The van der Waals surface area contributed by atoms with Crippen LogP contribution in [0.3, 0.4) is 0 Å². The lowest BCUT2D eigenvalue weighted by atomic mass is 10.1. The van der Waals surface area contributed by atoms with Crippen LogP contribution in [-0.4, -0.2) is 18.6 Å². The number of rotatable bonds is 2. The summed E-state index contributed by atoms with van der Waals surface area (Å²) in [7, 11) is 1.52. The maximum absolute atomic E-state index is 11.8. The summed E-state index contributed by atoms with van der Waals surface area (Å²) in [5.41, 5.74) is 6.48. The van der Waals surface area contributed by atoms with E-state index in [2.05, 4.69) is 5.32 Å². The molecule has 0 bridgehead atoms. The van der Waals surface area contributed by atoms with Gasteiger partial charge in [0.25, 0.3) is 5.91 Å². The van der Waals surface area contributed by atoms with Crippen LogP contribution in [0.2, 0.25) is 0 Å². The van der Waals surface area contributed by atoms with Crippen molar-refractivity contribution in [1.82, 2.24) is 5.32 Å². The molecule has 0 spiro atoms. The first kappa shape index (κ1) is 12.4. The molecule has 4 heteroatoms. The number of benzene rings is 1. The SMILES string of the molecule is COc1cc(C(=O)NC(C)(C)C)ccc1N. The predicted molar refractivity (Wildman–Crippen MR) is 64.6 cm³/mol. The summed E-state index contributed by atoms with van der Waals surface area (Å²) in [6.45, 7) is 5.79. The van der Waals surface area contributed by atoms with Gasteiger partial charge < -0.3 is 15.8 Å². The molecule has 0 saturated carbocycles. The van der Waals surface area contributed by atoms with Gasteiger partial charge in [-0.3, -0.25) is 4.79 Å². The van der Waals surface area contributed by atoms with E-state index in [1.54, 1.807) is 18.2 Å². The van der Waals surface area contributed by atoms with Crippen LogP contribution < -0.4 is 15.8 Å². The van der Waals surface area contributed by atoms with Gasteiger partial charge in [-0.05, 0) is 39.0 Å². The summed E-state index contributed by atoms with van der Waals surface area (Å²) in [6, 6.07) is 4.98. The Bertz CT molecular complexity index is 394. The van der Waals surface area contributed by atoms with Crippen LogP contribution in [-0.2, 0) is 0 Å². The van der Waals surface area contributed by atoms with Gasteiger partial charge in [0.2, 0.25) is 0 Å². The van der Waals surface area contributed by atoms with Crippen LogP contribution in [0.1, 0.15) is 31.1 Å². The molecule has 1 rings (SSSR count). The monoisotopic (exact) mass is 222 g/mol. The van der Waals surface area contributed by atoms with Crippen molar-refractivity contribution in [2.75, 3.05) is 12.8 Å². The fourth-order valence-electron chi connectivity index (χ4n) is 1.27. The maximum Gasteiger partial charge on any atom is 0.251 e. The van der Waals surface area contributed by atoms with E-state index in [4.69, 9.17) is 10.5 Å². The van der Waals surface area contributed by atoms with Crippen molar-refractivity contribution >= 4 is 11.6 Å². The quantitative estimate of drug-likeness (QED) is 0.750. The molecule has 88 valence electrons. The number of amides is 1. The molecule has 0 aliphatic heterocycles. The summed E-state index contributed by atoms with van der Waals surface area (Å²) < 4.78 is 5.06. The normalized spacial score (nSPS) is 11.0. The molecule has 0 atom stereocenters. The highest BCUT2D eigenvalue weighted by Gasteiger charge is 2.16. The van der Waals surface area contributed by atoms with E-state index < -0.39 is 0 Å². The molecule has 0 aliphatic rings. The number of methoxy groups -OCH3 is 1. The van der Waals surface area contributed by atoms with Crippen LogP contribution in [0, 0.1) is 0 Å². The second kappa shape index (κ2) is 4.43. The molecule has 4 nitrogen and oxygen atoms in total. The second-order valence-electron chi connectivity index (χ2n) is 4.66. The average Bonchev–Trinajstić information content (AvgIpc) is 2.15. The van der Waals surface area contributed by atoms with Crippen LogP contribution in [0.4, 0.5) is 5.69 Å². The predicted octanol–water partition coefficient (Wildman–Crippen LogP) is 1.81. The number of nitrogen functional groups attached to an aromatic ring is 1. The summed E-state index contributed by atoms with van der Waals surface area (Å²) in [6.07, 6.45) is 0. The van der Waals surface area contributed by atoms with Gasteiger partial charge in [-0.25, -0.2) is 0 Å². The standard InChI is InChI=1S/C12H18N2O2/c1-12(2,3)14-11(15)8-5-6-9(13)10(7-8)16-4/h5-7H,13H2,1-4H3,(H,14,15). The Morgan fingerprint density at radius 3 is 2.50 bits per heavy atom. The highest BCUT2D eigenvalue weighted by Crippen LogP contribution is 2.22. The Labute approximate surface area is 95.8 Å². The Hall–Kier alpha value is -1.71. The molecule has 1 amide bonds. The number of carbonyl (C=O) groups is 1. The summed E-state index contributed by atoms with van der Waals surface area (Å²) in [5.74, 6) is 0.382. The number of hydrogen-bond donors (Lipinski definition) is 2. The molecular weight excluding hydrogens is 204 g/mol. The van der Waals surface area contributed by atoms with E-state index in [9.17, 15) is 4.79 Å². The molecule has 3 N–H and O–H groups in total. The van der Waals surface area contributed by atoms with Crippen molar-refractivity contribution in [1.29, 1.82) is 0 Å². The maximum atomic E-state index is 11.8. The molecule has 0 aliphatic carbocycles. The van der Waals surface area contributed by atoms with E-state index in [1.807, 2.05) is 20.8 Å². The van der Waals surface area contributed by atoms with E-state index in [1.165, 1.54) is 7.11 Å².